The molecule has 9 aromatic rings. The quantitative estimate of drug-likeness (QED) is 0.164. The molecule has 254 valence electrons. The van der Waals surface area contributed by atoms with Crippen molar-refractivity contribution in [3.8, 4) is 56.0 Å². The zero-order chi connectivity index (χ0) is 56.8. The normalized spacial score (nSPS) is 22.8. The van der Waals surface area contributed by atoms with Gasteiger partial charge < -0.3 is 4.74 Å². The van der Waals surface area contributed by atoms with Crippen molar-refractivity contribution < 1.29 is 37.6 Å². The van der Waals surface area contributed by atoms with E-state index in [0.717, 1.165) is 0 Å². The van der Waals surface area contributed by atoms with Gasteiger partial charge in [-0.2, -0.15) is 0 Å². The molecule has 1 nitrogen and oxygen atoms in total. The number of benzene rings is 9. The summed E-state index contributed by atoms with van der Waals surface area (Å²) in [6.07, 6.45) is 0. The first-order valence-electron chi connectivity index (χ1n) is 29.3. The standard InChI is InChI=1S/C54H32O/c1-5-20-42-36(15-1)37-16-2-6-21-43(37)53(42)46-24-9-10-26-50(46)55-51-30-28-35(32-49(51)53)34-27-29-40-38-17-3-7-22-44(38)54(48(40)31-34)45-23-8-4-18-39(45)41-19-11-13-33-14-12-25-47(54)52(33)41/h1-32H/i3D,4D,7D,8D,9D,10D,11D,12D,13D,14D,17D,18D,19D,22D,23D,24D,25D,26D,27D,28D,29D,30D,31D,32D. The highest BCUT2D eigenvalue weighted by Gasteiger charge is 2.52. The van der Waals surface area contributed by atoms with Crippen molar-refractivity contribution in [3.05, 3.63) is 238 Å². The third kappa shape index (κ3) is 3.46. The van der Waals surface area contributed by atoms with E-state index in [-0.39, 0.29) is 11.1 Å². The molecule has 4 aliphatic rings. The molecule has 0 aromatic heterocycles. The lowest BCUT2D eigenvalue weighted by Gasteiger charge is -2.40. The summed E-state index contributed by atoms with van der Waals surface area (Å²) in [5.74, 6) is -0.909. The molecule has 55 heavy (non-hydrogen) atoms. The summed E-state index contributed by atoms with van der Waals surface area (Å²) in [6.45, 7) is 0. The van der Waals surface area contributed by atoms with Crippen LogP contribution in [0.15, 0.2) is 194 Å². The van der Waals surface area contributed by atoms with E-state index in [1.807, 2.05) is 0 Å². The number of rotatable bonds is 1. The molecule has 0 radical (unpaired) electrons. The molecular weight excluding hydrogens is 665 g/mol. The van der Waals surface area contributed by atoms with E-state index in [2.05, 4.69) is 0 Å². The number of para-hydroxylation sites is 1. The van der Waals surface area contributed by atoms with Gasteiger partial charge in [0.05, 0.1) is 43.7 Å². The summed E-state index contributed by atoms with van der Waals surface area (Å²) >= 11 is 0. The molecule has 1 aliphatic heterocycles. The smallest absolute Gasteiger partial charge is 0.132 e. The molecule has 0 bridgehead atoms. The lowest BCUT2D eigenvalue weighted by molar-refractivity contribution is 0.436. The largest absolute Gasteiger partial charge is 0.457 e. The van der Waals surface area contributed by atoms with Crippen molar-refractivity contribution in [1.82, 2.24) is 0 Å². The van der Waals surface area contributed by atoms with Crippen LogP contribution in [0.25, 0.3) is 55.3 Å². The fourth-order valence-corrected chi connectivity index (χ4v) is 9.25. The highest BCUT2D eigenvalue weighted by molar-refractivity contribution is 6.07. The number of fused-ring (bicyclic) bond motifs is 18. The van der Waals surface area contributed by atoms with E-state index >= 15 is 0 Å². The average molecular weight is 721 g/mol. The van der Waals surface area contributed by atoms with Crippen LogP contribution in [0.4, 0.5) is 0 Å². The average Bonchev–Trinajstić information content (AvgIpc) is 2.96. The van der Waals surface area contributed by atoms with Crippen molar-refractivity contribution in [2.75, 3.05) is 0 Å². The van der Waals surface area contributed by atoms with Gasteiger partial charge in [-0.1, -0.05) is 169 Å². The summed E-state index contributed by atoms with van der Waals surface area (Å²) in [6, 6.07) is -6.79. The Morgan fingerprint density at radius 3 is 1.60 bits per heavy atom. The molecule has 0 amide bonds. The fourth-order valence-electron chi connectivity index (χ4n) is 9.25. The molecular formula is C54H32O. The lowest BCUT2D eigenvalue weighted by Crippen LogP contribution is -2.32. The Morgan fingerprint density at radius 1 is 0.345 bits per heavy atom. The predicted octanol–water partition coefficient (Wildman–Crippen LogP) is 13.3. The van der Waals surface area contributed by atoms with Crippen LogP contribution in [0.2, 0.25) is 0 Å². The van der Waals surface area contributed by atoms with Gasteiger partial charge in [0.1, 0.15) is 11.5 Å². The van der Waals surface area contributed by atoms with Gasteiger partial charge in [-0.25, -0.2) is 0 Å². The Kier molecular flexibility index (Phi) is 2.84. The molecule has 0 saturated carbocycles. The second-order valence-corrected chi connectivity index (χ2v) is 13.6. The maximum Gasteiger partial charge on any atom is 0.132 e. The monoisotopic (exact) mass is 720 g/mol. The SMILES string of the molecule is [2H]c1c([2H])c([2H])c2c(c1[2H])Oc1c([2H])c([2H])c(-c3c([2H])c([2H])c4c(c3[2H])C3(c5c([2H])c([2H])c([2H])c([2H])c5-4)c4c([2H])c([2H])c([2H])c([2H])c4-c4c([2H])c([2H])c([2H])c5c([2H])c([2H])c([2H])c3c45)c([2H])c1C21c2ccccc2-c2ccccc21. The topological polar surface area (TPSA) is 9.23 Å². The van der Waals surface area contributed by atoms with Crippen molar-refractivity contribution in [2.24, 2.45) is 0 Å². The molecule has 0 N–H and O–H groups in total. The van der Waals surface area contributed by atoms with E-state index in [1.54, 1.807) is 48.5 Å². The highest BCUT2D eigenvalue weighted by atomic mass is 16.5. The third-order valence-corrected chi connectivity index (χ3v) is 11.3. The molecule has 0 saturated heterocycles. The van der Waals surface area contributed by atoms with E-state index in [1.165, 1.54) is 0 Å². The third-order valence-electron chi connectivity index (χ3n) is 11.3. The zero-order valence-corrected chi connectivity index (χ0v) is 28.0. The Balaban J connectivity index is 1.29. The van der Waals surface area contributed by atoms with Gasteiger partial charge in [-0.15, -0.1) is 0 Å². The van der Waals surface area contributed by atoms with Crippen LogP contribution >= 0.6 is 0 Å². The van der Waals surface area contributed by atoms with Crippen molar-refractivity contribution in [2.45, 2.75) is 10.8 Å². The van der Waals surface area contributed by atoms with Gasteiger partial charge in [-0.05, 0) is 113 Å². The molecule has 3 aliphatic carbocycles. The van der Waals surface area contributed by atoms with Crippen LogP contribution in [0.1, 0.15) is 77.4 Å². The minimum atomic E-state index is -2.92. The molecule has 1 unspecified atom stereocenters. The van der Waals surface area contributed by atoms with E-state index in [0.29, 0.717) is 22.3 Å². The minimum absolute atomic E-state index is 0.175. The van der Waals surface area contributed by atoms with Gasteiger partial charge in [0.2, 0.25) is 0 Å². The Bertz CT molecular complexity index is 4470. The van der Waals surface area contributed by atoms with Gasteiger partial charge in [0.25, 0.3) is 0 Å². The summed E-state index contributed by atoms with van der Waals surface area (Å²) in [5.41, 5.74) is -9.91. The summed E-state index contributed by atoms with van der Waals surface area (Å²) in [5, 5.41) is -1.04. The maximum absolute atomic E-state index is 10.7. The molecule has 2 spiro atoms. The second kappa shape index (κ2) is 10.4. The van der Waals surface area contributed by atoms with Crippen molar-refractivity contribution in [3.63, 3.8) is 0 Å². The van der Waals surface area contributed by atoms with Crippen LogP contribution in [-0.4, -0.2) is 0 Å². The van der Waals surface area contributed by atoms with Crippen LogP contribution in [0, 0.1) is 0 Å². The molecule has 9 aromatic carbocycles. The molecule has 1 heteroatoms. The Morgan fingerprint density at radius 2 is 0.855 bits per heavy atom. The van der Waals surface area contributed by atoms with Crippen molar-refractivity contribution >= 4 is 10.8 Å². The predicted molar refractivity (Wildman–Crippen MR) is 223 cm³/mol. The number of ether oxygens (including phenoxy) is 1. The Labute approximate surface area is 353 Å². The first-order valence-corrected chi connectivity index (χ1v) is 17.3. The Hall–Kier alpha value is -6.96. The molecule has 1 heterocycles. The van der Waals surface area contributed by atoms with Gasteiger partial charge >= 0.3 is 0 Å². The van der Waals surface area contributed by atoms with Crippen LogP contribution in [-0.2, 0) is 10.8 Å². The summed E-state index contributed by atoms with van der Waals surface area (Å²) in [7, 11) is 0. The summed E-state index contributed by atoms with van der Waals surface area (Å²) in [4.78, 5) is 0. The first-order chi connectivity index (χ1) is 37.3. The molecule has 13 rings (SSSR count). The van der Waals surface area contributed by atoms with E-state index in [9.17, 15) is 21.9 Å². The van der Waals surface area contributed by atoms with Gasteiger partial charge in [0.15, 0.2) is 0 Å². The number of hydrogen-bond donors (Lipinski definition) is 0. The van der Waals surface area contributed by atoms with Crippen LogP contribution in [0.3, 0.4) is 0 Å². The fraction of sp³-hybridized carbons (Fsp3) is 0.0370. The second-order valence-electron chi connectivity index (χ2n) is 13.6. The lowest BCUT2D eigenvalue weighted by atomic mass is 9.61. The van der Waals surface area contributed by atoms with Gasteiger partial charge in [-0.3, -0.25) is 0 Å². The minimum Gasteiger partial charge on any atom is -0.457 e. The van der Waals surface area contributed by atoms with E-state index < -0.39 is 234 Å². The summed E-state index contributed by atoms with van der Waals surface area (Å²) < 4.78 is 234. The maximum atomic E-state index is 10.7. The van der Waals surface area contributed by atoms with Crippen LogP contribution in [0.5, 0.6) is 11.5 Å². The van der Waals surface area contributed by atoms with E-state index in [4.69, 9.17) is 15.7 Å². The molecule has 1 atom stereocenters. The first kappa shape index (κ1) is 15.1. The van der Waals surface area contributed by atoms with Crippen molar-refractivity contribution in [1.29, 1.82) is 0 Å². The highest BCUT2D eigenvalue weighted by Crippen LogP contribution is 2.64. The van der Waals surface area contributed by atoms with Crippen LogP contribution < -0.4 is 4.74 Å². The molecule has 0 fully saturated rings. The zero-order valence-electron chi connectivity index (χ0n) is 52.0. The van der Waals surface area contributed by atoms with Gasteiger partial charge in [0, 0.05) is 11.1 Å². The number of hydrogen-bond acceptors (Lipinski definition) is 1.